The summed E-state index contributed by atoms with van der Waals surface area (Å²) in [6.45, 7) is 8.55. The zero-order valence-electron chi connectivity index (χ0n) is 26.4. The number of aromatic nitrogens is 2. The average Bonchev–Trinajstić information content (AvgIpc) is 3.91. The first-order chi connectivity index (χ1) is 24.7. The molecule has 4 aromatic heterocycles. The van der Waals surface area contributed by atoms with Crippen LogP contribution in [0.5, 0.6) is 0 Å². The van der Waals surface area contributed by atoms with E-state index in [1.807, 2.05) is 83.6 Å². The molecule has 0 bridgehead atoms. The van der Waals surface area contributed by atoms with Gasteiger partial charge in [-0.25, -0.2) is 0 Å². The second-order valence-corrected chi connectivity index (χ2v) is 12.8. The Balaban J connectivity index is 1.25. The van der Waals surface area contributed by atoms with Gasteiger partial charge >= 0.3 is 5.82 Å². The van der Waals surface area contributed by atoms with E-state index in [0.717, 1.165) is 87.9 Å². The van der Waals surface area contributed by atoms with Crippen LogP contribution in [0.15, 0.2) is 142 Å². The lowest BCUT2D eigenvalue weighted by Gasteiger charge is -2.15. The summed E-state index contributed by atoms with van der Waals surface area (Å²) in [5.74, 6) is 0.423. The van der Waals surface area contributed by atoms with E-state index >= 15 is 0 Å². The summed E-state index contributed by atoms with van der Waals surface area (Å²) in [6, 6.07) is 45.1. The lowest BCUT2D eigenvalue weighted by Crippen LogP contribution is -2.40. The largest absolute Gasteiger partial charge is 0.456 e. The molecule has 0 saturated heterocycles. The fourth-order valence-corrected chi connectivity index (χ4v) is 8.42. The van der Waals surface area contributed by atoms with E-state index in [1.54, 1.807) is 0 Å². The van der Waals surface area contributed by atoms with Crippen molar-refractivity contribution in [1.29, 1.82) is 5.26 Å². The molecule has 0 aliphatic heterocycles. The van der Waals surface area contributed by atoms with E-state index < -0.39 is 0 Å². The maximum atomic E-state index is 10.9. The van der Waals surface area contributed by atoms with Crippen LogP contribution in [0.1, 0.15) is 22.7 Å². The van der Waals surface area contributed by atoms with Crippen molar-refractivity contribution in [2.75, 3.05) is 0 Å². The highest BCUT2D eigenvalue weighted by Gasteiger charge is 2.40. The van der Waals surface area contributed by atoms with E-state index in [2.05, 4.69) is 70.1 Å². The van der Waals surface area contributed by atoms with Crippen LogP contribution < -0.4 is 4.57 Å². The van der Waals surface area contributed by atoms with Crippen LogP contribution in [0.2, 0.25) is 0 Å². The first-order valence-electron chi connectivity index (χ1n) is 16.5. The van der Waals surface area contributed by atoms with Crippen molar-refractivity contribution in [1.82, 2.24) is 4.57 Å². The number of hydrogen-bond acceptors (Lipinski definition) is 3. The van der Waals surface area contributed by atoms with Gasteiger partial charge in [-0.05, 0) is 47.5 Å². The van der Waals surface area contributed by atoms with Crippen LogP contribution in [-0.4, -0.2) is 4.57 Å². The predicted octanol–water partition coefficient (Wildman–Crippen LogP) is 10.9. The Morgan fingerprint density at radius 1 is 0.660 bits per heavy atom. The molecule has 0 amide bonds. The zero-order valence-corrected chi connectivity index (χ0v) is 26.4. The van der Waals surface area contributed by atoms with Gasteiger partial charge in [-0.15, -0.1) is 0 Å². The second kappa shape index (κ2) is 9.70. The second-order valence-electron chi connectivity index (χ2n) is 12.8. The van der Waals surface area contributed by atoms with Gasteiger partial charge in [0.05, 0.1) is 22.1 Å². The molecule has 6 heteroatoms. The van der Waals surface area contributed by atoms with Crippen molar-refractivity contribution in [3.05, 3.63) is 162 Å². The summed E-state index contributed by atoms with van der Waals surface area (Å²) in [5, 5.41) is 17.1. The summed E-state index contributed by atoms with van der Waals surface area (Å²) in [4.78, 5) is 4.15. The van der Waals surface area contributed by atoms with Crippen molar-refractivity contribution in [2.45, 2.75) is 6.04 Å². The van der Waals surface area contributed by atoms with E-state index in [1.165, 1.54) is 0 Å². The molecule has 0 spiro atoms. The summed E-state index contributed by atoms with van der Waals surface area (Å²) in [5.41, 5.74) is 10.6. The Hall–Kier alpha value is -7.15. The number of nitrogens with zero attached hydrogens (tertiary/aromatic N) is 4. The van der Waals surface area contributed by atoms with Crippen LogP contribution in [0.25, 0.3) is 87.3 Å². The molecule has 1 aliphatic rings. The van der Waals surface area contributed by atoms with E-state index in [4.69, 9.17) is 15.4 Å². The highest BCUT2D eigenvalue weighted by Crippen LogP contribution is 2.49. The summed E-state index contributed by atoms with van der Waals surface area (Å²) in [6.07, 6.45) is 1.87. The number of nitriles is 1. The molecule has 0 fully saturated rings. The van der Waals surface area contributed by atoms with Crippen LogP contribution >= 0.6 is 0 Å². The molecule has 230 valence electrons. The average molecular weight is 640 g/mol. The van der Waals surface area contributed by atoms with Gasteiger partial charge in [-0.2, -0.15) is 14.7 Å². The quantitative estimate of drug-likeness (QED) is 0.140. The van der Waals surface area contributed by atoms with E-state index in [9.17, 15) is 5.26 Å². The first-order valence-corrected chi connectivity index (χ1v) is 16.5. The number of furan rings is 2. The molecular weight excluding hydrogens is 617 g/mol. The van der Waals surface area contributed by atoms with Gasteiger partial charge in [0.2, 0.25) is 6.04 Å². The number of benzene rings is 6. The Morgan fingerprint density at radius 2 is 1.32 bits per heavy atom. The third-order valence-electron chi connectivity index (χ3n) is 10.4. The predicted molar refractivity (Wildman–Crippen MR) is 196 cm³/mol. The Morgan fingerprint density at radius 3 is 2.10 bits per heavy atom. The normalized spacial score (nSPS) is 13.8. The molecule has 4 heterocycles. The number of hydrogen-bond donors (Lipinski definition) is 0. The SMILES string of the molecule is [C-]#[N+]c1cc(-n2c3ccccc3c3ccc4oc5ccccc5c4c32)c(C#N)c[n+]1C1c2ccccc2-c2ccc3oc4ccccc4c3c21. The van der Waals surface area contributed by atoms with Crippen molar-refractivity contribution in [2.24, 2.45) is 0 Å². The van der Waals surface area contributed by atoms with Gasteiger partial charge < -0.3 is 13.4 Å². The van der Waals surface area contributed by atoms with Crippen LogP contribution in [0, 0.1) is 17.9 Å². The summed E-state index contributed by atoms with van der Waals surface area (Å²) >= 11 is 0. The first kappa shape index (κ1) is 26.9. The van der Waals surface area contributed by atoms with Gasteiger partial charge in [-0.1, -0.05) is 84.9 Å². The molecule has 1 unspecified atom stereocenters. The number of rotatable bonds is 2. The standard InChI is InChI=1S/C44H23N4O2/c1-46-39-22-34(48-33-15-7-4-11-27(33)30-19-21-38-41(44(30)48)32-14-6-9-17-36(32)50-38)25(23-45)24-47(39)43-29-12-3-2-10-26(29)28-18-20-37-40(42(28)43)31-13-5-8-16-35(31)49-37/h2-22,24,43H/q+1. The van der Waals surface area contributed by atoms with Crippen LogP contribution in [-0.2, 0) is 0 Å². The van der Waals surface area contributed by atoms with Gasteiger partial charge in [-0.3, -0.25) is 0 Å². The summed E-state index contributed by atoms with van der Waals surface area (Å²) in [7, 11) is 0. The smallest absolute Gasteiger partial charge is 0.422 e. The lowest BCUT2D eigenvalue weighted by atomic mass is 9.98. The van der Waals surface area contributed by atoms with Crippen molar-refractivity contribution < 1.29 is 13.4 Å². The fourth-order valence-electron chi connectivity index (χ4n) is 8.42. The Bertz CT molecular complexity index is 3200. The minimum absolute atomic E-state index is 0.348. The van der Waals surface area contributed by atoms with Gasteiger partial charge in [0.25, 0.3) is 0 Å². The molecule has 1 atom stereocenters. The third kappa shape index (κ3) is 3.36. The maximum Gasteiger partial charge on any atom is 0.422 e. The molecule has 11 rings (SSSR count). The molecule has 1 aliphatic carbocycles. The van der Waals surface area contributed by atoms with Crippen LogP contribution in [0.3, 0.4) is 0 Å². The summed E-state index contributed by atoms with van der Waals surface area (Å²) < 4.78 is 16.8. The molecule has 6 aromatic carbocycles. The van der Waals surface area contributed by atoms with E-state index in [-0.39, 0.29) is 6.04 Å². The molecule has 0 saturated carbocycles. The van der Waals surface area contributed by atoms with Gasteiger partial charge in [0.15, 0.2) is 6.20 Å². The van der Waals surface area contributed by atoms with Gasteiger partial charge in [0.1, 0.15) is 40.5 Å². The maximum absolute atomic E-state index is 10.9. The minimum Gasteiger partial charge on any atom is -0.456 e. The van der Waals surface area contributed by atoms with Crippen LogP contribution in [0.4, 0.5) is 5.82 Å². The Labute approximate surface area is 284 Å². The molecule has 0 N–H and O–H groups in total. The minimum atomic E-state index is -0.348. The number of para-hydroxylation sites is 3. The van der Waals surface area contributed by atoms with Crippen molar-refractivity contribution in [3.63, 3.8) is 0 Å². The highest BCUT2D eigenvalue weighted by atomic mass is 16.3. The molecule has 6 nitrogen and oxygen atoms in total. The molecule has 50 heavy (non-hydrogen) atoms. The lowest BCUT2D eigenvalue weighted by molar-refractivity contribution is -0.689. The number of fused-ring (bicyclic) bond motifs is 14. The Kier molecular flexibility index (Phi) is 5.21. The molecule has 10 aromatic rings. The van der Waals surface area contributed by atoms with Crippen molar-refractivity contribution in [3.8, 4) is 22.9 Å². The van der Waals surface area contributed by atoms with Gasteiger partial charge in [0, 0.05) is 44.1 Å². The topological polar surface area (TPSA) is 63.2 Å². The van der Waals surface area contributed by atoms with Crippen molar-refractivity contribution >= 4 is 71.5 Å². The van der Waals surface area contributed by atoms with E-state index in [0.29, 0.717) is 17.1 Å². The monoisotopic (exact) mass is 639 g/mol. The highest BCUT2D eigenvalue weighted by molar-refractivity contribution is 6.24. The third-order valence-corrected chi connectivity index (χ3v) is 10.4. The molecular formula is C44H23N4O2+. The zero-order chi connectivity index (χ0) is 33.1. The molecule has 0 radical (unpaired) electrons. The fraction of sp³-hybridized carbons (Fsp3) is 0.0227. The number of pyridine rings is 1.